The highest BCUT2D eigenvalue weighted by molar-refractivity contribution is 6.31. The lowest BCUT2D eigenvalue weighted by Crippen LogP contribution is -2.05. The Balaban J connectivity index is 1.61. The molecule has 8 heteroatoms. The van der Waals surface area contributed by atoms with Crippen molar-refractivity contribution in [1.29, 1.82) is 0 Å². The average molecular weight is 439 g/mol. The van der Waals surface area contributed by atoms with Crippen LogP contribution in [0.4, 0.5) is 4.39 Å². The van der Waals surface area contributed by atoms with Gasteiger partial charge in [0.2, 0.25) is 5.88 Å². The van der Waals surface area contributed by atoms with Crippen molar-refractivity contribution >= 4 is 22.6 Å². The van der Waals surface area contributed by atoms with E-state index < -0.39 is 5.82 Å². The number of methoxy groups -OCH3 is 1. The van der Waals surface area contributed by atoms with Crippen LogP contribution in [0.3, 0.4) is 0 Å². The summed E-state index contributed by atoms with van der Waals surface area (Å²) in [5, 5.41) is 0.0823. The molecule has 0 radical (unpaired) electrons. The zero-order chi connectivity index (χ0) is 21.4. The van der Waals surface area contributed by atoms with Gasteiger partial charge in [-0.3, -0.25) is 0 Å². The Labute approximate surface area is 183 Å². The number of imidazole rings is 1. The number of hydrogen-bond donors (Lipinski definition) is 0. The van der Waals surface area contributed by atoms with E-state index in [4.69, 9.17) is 26.1 Å². The predicted molar refractivity (Wildman–Crippen MR) is 117 cm³/mol. The van der Waals surface area contributed by atoms with Crippen LogP contribution in [0.15, 0.2) is 42.6 Å². The first-order valence-corrected chi connectivity index (χ1v) is 10.5. The van der Waals surface area contributed by atoms with E-state index in [2.05, 4.69) is 14.5 Å². The van der Waals surface area contributed by atoms with Gasteiger partial charge in [0.25, 0.3) is 0 Å². The standard InChI is InChI=1S/C23H20ClFN4O2/c1-30-9-10-31-21-13-26-18-7-5-15(12-19(18)27-21)23-22(28-20-3-2-8-29(20)23)14-4-6-17(25)16(24)11-14/h4-7,11-13H,2-3,8-10H2,1H3. The summed E-state index contributed by atoms with van der Waals surface area (Å²) < 4.78 is 26.6. The number of halogens is 2. The van der Waals surface area contributed by atoms with Crippen molar-refractivity contribution in [3.05, 3.63) is 59.3 Å². The molecule has 3 heterocycles. The summed E-state index contributed by atoms with van der Waals surface area (Å²) >= 11 is 6.05. The Kier molecular flexibility index (Phi) is 5.29. The van der Waals surface area contributed by atoms with Crippen molar-refractivity contribution in [3.8, 4) is 28.4 Å². The third-order valence-corrected chi connectivity index (χ3v) is 5.64. The third kappa shape index (κ3) is 3.75. The highest BCUT2D eigenvalue weighted by atomic mass is 35.5. The highest BCUT2D eigenvalue weighted by Crippen LogP contribution is 2.37. The van der Waals surface area contributed by atoms with Crippen molar-refractivity contribution in [2.75, 3.05) is 20.3 Å². The zero-order valence-electron chi connectivity index (χ0n) is 16.9. The molecule has 0 aliphatic carbocycles. The van der Waals surface area contributed by atoms with Crippen LogP contribution in [0.25, 0.3) is 33.5 Å². The maximum absolute atomic E-state index is 13.7. The molecule has 158 valence electrons. The number of fused-ring (bicyclic) bond motifs is 2. The summed E-state index contributed by atoms with van der Waals surface area (Å²) in [7, 11) is 1.62. The van der Waals surface area contributed by atoms with Gasteiger partial charge in [-0.05, 0) is 36.8 Å². The number of ether oxygens (including phenoxy) is 2. The predicted octanol–water partition coefficient (Wildman–Crippen LogP) is 4.92. The quantitative estimate of drug-likeness (QED) is 0.400. The van der Waals surface area contributed by atoms with E-state index >= 15 is 0 Å². The molecule has 1 aliphatic rings. The molecule has 0 saturated heterocycles. The molecule has 2 aromatic carbocycles. The molecule has 0 fully saturated rings. The summed E-state index contributed by atoms with van der Waals surface area (Å²) in [5.41, 5.74) is 5.01. The first-order chi connectivity index (χ1) is 15.1. The largest absolute Gasteiger partial charge is 0.474 e. The van der Waals surface area contributed by atoms with Crippen LogP contribution in [0.1, 0.15) is 12.2 Å². The molecular formula is C23H20ClFN4O2. The second-order valence-electron chi connectivity index (χ2n) is 7.36. The van der Waals surface area contributed by atoms with E-state index in [-0.39, 0.29) is 5.02 Å². The number of aromatic nitrogens is 4. The van der Waals surface area contributed by atoms with E-state index in [1.54, 1.807) is 25.4 Å². The number of hydrogen-bond acceptors (Lipinski definition) is 5. The fourth-order valence-corrected chi connectivity index (χ4v) is 4.08. The summed E-state index contributed by atoms with van der Waals surface area (Å²) in [6, 6.07) is 10.7. The van der Waals surface area contributed by atoms with E-state index in [0.717, 1.165) is 58.8 Å². The monoisotopic (exact) mass is 438 g/mol. The van der Waals surface area contributed by atoms with Crippen LogP contribution in [0, 0.1) is 5.82 Å². The number of aryl methyl sites for hydroxylation is 1. The van der Waals surface area contributed by atoms with Crippen LogP contribution in [0.5, 0.6) is 5.88 Å². The van der Waals surface area contributed by atoms with Crippen LogP contribution in [0.2, 0.25) is 5.02 Å². The van der Waals surface area contributed by atoms with E-state index in [1.165, 1.54) is 6.07 Å². The Morgan fingerprint density at radius 3 is 2.77 bits per heavy atom. The van der Waals surface area contributed by atoms with Gasteiger partial charge in [-0.15, -0.1) is 0 Å². The Bertz CT molecular complexity index is 1270. The lowest BCUT2D eigenvalue weighted by molar-refractivity contribution is 0.143. The lowest BCUT2D eigenvalue weighted by Gasteiger charge is -2.10. The molecule has 1 aliphatic heterocycles. The van der Waals surface area contributed by atoms with Crippen molar-refractivity contribution in [2.45, 2.75) is 19.4 Å². The molecule has 5 rings (SSSR count). The number of nitrogens with zero attached hydrogens (tertiary/aromatic N) is 4. The third-order valence-electron chi connectivity index (χ3n) is 5.35. The summed E-state index contributed by atoms with van der Waals surface area (Å²) in [6.45, 7) is 1.77. The molecular weight excluding hydrogens is 419 g/mol. The second kappa shape index (κ2) is 8.24. The lowest BCUT2D eigenvalue weighted by atomic mass is 10.0. The van der Waals surface area contributed by atoms with Crippen molar-refractivity contribution in [3.63, 3.8) is 0 Å². The molecule has 0 N–H and O–H groups in total. The van der Waals surface area contributed by atoms with Gasteiger partial charge in [0, 0.05) is 31.2 Å². The van der Waals surface area contributed by atoms with Gasteiger partial charge in [-0.1, -0.05) is 17.7 Å². The summed E-state index contributed by atoms with van der Waals surface area (Å²) in [5.74, 6) is 1.03. The minimum atomic E-state index is -0.444. The fraction of sp³-hybridized carbons (Fsp3) is 0.261. The first-order valence-electron chi connectivity index (χ1n) is 10.1. The number of rotatable bonds is 6. The van der Waals surface area contributed by atoms with Crippen LogP contribution >= 0.6 is 11.6 Å². The minimum Gasteiger partial charge on any atom is -0.474 e. The molecule has 2 aromatic heterocycles. The first kappa shape index (κ1) is 19.9. The molecule has 0 bridgehead atoms. The topological polar surface area (TPSA) is 62.1 Å². The fourth-order valence-electron chi connectivity index (χ4n) is 3.90. The SMILES string of the molecule is COCCOc1cnc2ccc(-c3c(-c4ccc(F)c(Cl)c4)nc4n3CCC4)cc2n1. The van der Waals surface area contributed by atoms with E-state index in [9.17, 15) is 4.39 Å². The van der Waals surface area contributed by atoms with Gasteiger partial charge in [0.15, 0.2) is 0 Å². The second-order valence-corrected chi connectivity index (χ2v) is 7.77. The van der Waals surface area contributed by atoms with E-state index in [1.807, 2.05) is 18.2 Å². The molecule has 6 nitrogen and oxygen atoms in total. The summed E-state index contributed by atoms with van der Waals surface area (Å²) in [4.78, 5) is 13.9. The van der Waals surface area contributed by atoms with Crippen molar-refractivity contribution < 1.29 is 13.9 Å². The smallest absolute Gasteiger partial charge is 0.232 e. The van der Waals surface area contributed by atoms with Gasteiger partial charge in [-0.25, -0.2) is 19.3 Å². The van der Waals surface area contributed by atoms with E-state index in [0.29, 0.717) is 19.1 Å². The van der Waals surface area contributed by atoms with Gasteiger partial charge in [0.1, 0.15) is 18.2 Å². The zero-order valence-corrected chi connectivity index (χ0v) is 17.7. The molecule has 0 atom stereocenters. The van der Waals surface area contributed by atoms with Crippen LogP contribution in [-0.4, -0.2) is 39.8 Å². The van der Waals surface area contributed by atoms with Gasteiger partial charge < -0.3 is 14.0 Å². The molecule has 0 amide bonds. The average Bonchev–Trinajstić information content (AvgIpc) is 3.37. The molecule has 0 saturated carbocycles. The summed E-state index contributed by atoms with van der Waals surface area (Å²) in [6.07, 6.45) is 3.57. The van der Waals surface area contributed by atoms with Crippen LogP contribution in [-0.2, 0) is 17.7 Å². The van der Waals surface area contributed by atoms with Gasteiger partial charge in [0.05, 0.1) is 40.2 Å². The molecule has 0 unspecified atom stereocenters. The minimum absolute atomic E-state index is 0.0823. The maximum Gasteiger partial charge on any atom is 0.232 e. The van der Waals surface area contributed by atoms with Crippen molar-refractivity contribution in [2.24, 2.45) is 0 Å². The Hall–Kier alpha value is -3.03. The van der Waals surface area contributed by atoms with Gasteiger partial charge in [-0.2, -0.15) is 0 Å². The van der Waals surface area contributed by atoms with Crippen LogP contribution < -0.4 is 4.74 Å². The normalized spacial score (nSPS) is 13.0. The highest BCUT2D eigenvalue weighted by Gasteiger charge is 2.24. The number of benzene rings is 2. The molecule has 31 heavy (non-hydrogen) atoms. The Morgan fingerprint density at radius 1 is 1.06 bits per heavy atom. The molecule has 4 aromatic rings. The molecule has 0 spiro atoms. The maximum atomic E-state index is 13.7. The Morgan fingerprint density at radius 2 is 1.94 bits per heavy atom. The van der Waals surface area contributed by atoms with Crippen molar-refractivity contribution in [1.82, 2.24) is 19.5 Å². The van der Waals surface area contributed by atoms with Gasteiger partial charge >= 0.3 is 0 Å².